The highest BCUT2D eigenvalue weighted by molar-refractivity contribution is 6.01. The Bertz CT molecular complexity index is 1720. The predicted octanol–water partition coefficient (Wildman–Crippen LogP) is 6.28. The van der Waals surface area contributed by atoms with Crippen molar-refractivity contribution in [2.24, 2.45) is 0 Å². The fourth-order valence-corrected chi connectivity index (χ4v) is 7.31. The molecule has 3 saturated heterocycles. The van der Waals surface area contributed by atoms with Crippen molar-refractivity contribution in [3.8, 4) is 23.0 Å². The van der Waals surface area contributed by atoms with Gasteiger partial charge < -0.3 is 14.7 Å². The van der Waals surface area contributed by atoms with E-state index in [9.17, 15) is 18.3 Å². The molecule has 3 aliphatic rings. The molecule has 1 N–H and O–H groups in total. The smallest absolute Gasteiger partial charge is 0.319 e. The van der Waals surface area contributed by atoms with Crippen LogP contribution in [0.5, 0.6) is 11.8 Å². The van der Waals surface area contributed by atoms with Gasteiger partial charge in [-0.2, -0.15) is 9.97 Å². The number of rotatable bonds is 6. The van der Waals surface area contributed by atoms with E-state index < -0.39 is 29.5 Å². The fraction of sp³-hybridized carbons (Fsp3) is 0.469. The number of pyridine rings is 1. The lowest BCUT2D eigenvalue weighted by atomic mass is 9.94. The zero-order chi connectivity index (χ0) is 29.9. The van der Waals surface area contributed by atoms with Gasteiger partial charge in [-0.25, -0.2) is 17.6 Å². The molecule has 3 aliphatic heterocycles. The van der Waals surface area contributed by atoms with Crippen molar-refractivity contribution >= 4 is 27.5 Å². The largest absolute Gasteiger partial charge is 0.508 e. The molecular weight excluding hydrogens is 562 g/mol. The molecule has 0 bridgehead atoms. The molecule has 226 valence electrons. The molecule has 7 rings (SSSR count). The van der Waals surface area contributed by atoms with Crippen molar-refractivity contribution in [3.05, 3.63) is 47.7 Å². The van der Waals surface area contributed by atoms with Crippen molar-refractivity contribution in [1.29, 1.82) is 0 Å². The third-order valence-corrected chi connectivity index (χ3v) is 9.30. The number of aromatic hydroxyl groups is 1. The lowest BCUT2D eigenvalue weighted by Gasteiger charge is -2.32. The number of hydrogen-bond acceptors (Lipinski definition) is 7. The van der Waals surface area contributed by atoms with Crippen LogP contribution < -0.4 is 9.64 Å². The van der Waals surface area contributed by atoms with E-state index in [-0.39, 0.29) is 41.7 Å². The third-order valence-electron chi connectivity index (χ3n) is 9.30. The second-order valence-corrected chi connectivity index (χ2v) is 12.0. The van der Waals surface area contributed by atoms with Gasteiger partial charge in [0.25, 0.3) is 0 Å². The highest BCUT2D eigenvalue weighted by Crippen LogP contribution is 2.42. The first-order valence-corrected chi connectivity index (χ1v) is 15.0. The first-order chi connectivity index (χ1) is 20.8. The third kappa shape index (κ3) is 4.81. The number of phenolic OH excluding ortho intramolecular Hbond substituents is 1. The van der Waals surface area contributed by atoms with Crippen LogP contribution in [0.25, 0.3) is 32.9 Å². The number of ether oxygens (including phenoxy) is 1. The Kier molecular flexibility index (Phi) is 7.03. The molecule has 3 atom stereocenters. The number of fused-ring (bicyclic) bond motifs is 3. The number of piperidine rings is 1. The average Bonchev–Trinajstić information content (AvgIpc) is 3.51. The Morgan fingerprint density at radius 1 is 1.07 bits per heavy atom. The molecule has 7 nitrogen and oxygen atoms in total. The Morgan fingerprint density at radius 2 is 1.93 bits per heavy atom. The van der Waals surface area contributed by atoms with Gasteiger partial charge >= 0.3 is 6.01 Å². The van der Waals surface area contributed by atoms with Crippen LogP contribution >= 0.6 is 0 Å². The van der Waals surface area contributed by atoms with Crippen molar-refractivity contribution in [2.75, 3.05) is 37.7 Å². The van der Waals surface area contributed by atoms with E-state index in [2.05, 4.69) is 19.9 Å². The number of aromatic nitrogens is 3. The van der Waals surface area contributed by atoms with E-state index in [1.807, 2.05) is 0 Å². The summed E-state index contributed by atoms with van der Waals surface area (Å²) in [4.78, 5) is 17.4. The zero-order valence-electron chi connectivity index (χ0n) is 23.9. The van der Waals surface area contributed by atoms with Gasteiger partial charge in [-0.05, 0) is 73.2 Å². The molecular formula is C32H33F4N5O2. The summed E-state index contributed by atoms with van der Waals surface area (Å²) in [5.41, 5.74) is -0.0338. The first-order valence-electron chi connectivity index (χ1n) is 15.0. The minimum atomic E-state index is -1.06. The summed E-state index contributed by atoms with van der Waals surface area (Å²) in [6.07, 6.45) is 2.90. The summed E-state index contributed by atoms with van der Waals surface area (Å²) in [5.74, 6) is -1.02. The van der Waals surface area contributed by atoms with Crippen LogP contribution in [-0.2, 0) is 6.42 Å². The zero-order valence-corrected chi connectivity index (χ0v) is 23.9. The number of hydrogen-bond donors (Lipinski definition) is 1. The molecule has 0 saturated carbocycles. The van der Waals surface area contributed by atoms with Crippen LogP contribution in [0.1, 0.15) is 44.6 Å². The van der Waals surface area contributed by atoms with E-state index in [0.29, 0.717) is 66.3 Å². The van der Waals surface area contributed by atoms with Gasteiger partial charge in [-0.15, -0.1) is 0 Å². The summed E-state index contributed by atoms with van der Waals surface area (Å²) >= 11 is 0. The van der Waals surface area contributed by atoms with Gasteiger partial charge in [0.2, 0.25) is 0 Å². The summed E-state index contributed by atoms with van der Waals surface area (Å²) in [6.45, 7) is 3.72. The molecule has 43 heavy (non-hydrogen) atoms. The SMILES string of the molecule is CCc1c(F)ccc2cc(O)cc(-c3ncc4c(N5CCC[C@@H](F)C5)nc(OC[C@@]56CCCN5C[C@H](F)C6)nc4c3F)c12. The monoisotopic (exact) mass is 595 g/mol. The summed E-state index contributed by atoms with van der Waals surface area (Å²) in [5, 5.41) is 11.8. The van der Waals surface area contributed by atoms with E-state index in [0.717, 1.165) is 19.4 Å². The van der Waals surface area contributed by atoms with Gasteiger partial charge in [0, 0.05) is 31.3 Å². The highest BCUT2D eigenvalue weighted by atomic mass is 19.1. The Hall–Kier alpha value is -3.73. The van der Waals surface area contributed by atoms with E-state index >= 15 is 4.39 Å². The molecule has 3 fully saturated rings. The minimum absolute atomic E-state index is 0.0764. The van der Waals surface area contributed by atoms with Crippen molar-refractivity contribution in [1.82, 2.24) is 19.9 Å². The molecule has 2 aromatic carbocycles. The lowest BCUT2D eigenvalue weighted by Crippen LogP contribution is -2.43. The van der Waals surface area contributed by atoms with Crippen LogP contribution in [0.15, 0.2) is 30.5 Å². The van der Waals surface area contributed by atoms with E-state index in [1.54, 1.807) is 17.9 Å². The minimum Gasteiger partial charge on any atom is -0.508 e. The topological polar surface area (TPSA) is 74.6 Å². The second kappa shape index (κ2) is 10.8. The standard InChI is InChI=1S/C32H33F4N5O2/c1-2-22-25(35)7-6-18-11-21(42)12-23(26(18)22)28-27(36)29-24(14-37-28)30(40-9-3-5-19(33)15-40)39-31(38-29)43-17-32-8-4-10-41(32)16-20(34)13-32/h6-7,11-12,14,19-20,42H,2-5,8-10,13,15-17H2,1H3/t19-,20-,32+/m1/s1. The van der Waals surface area contributed by atoms with Gasteiger partial charge in [0.1, 0.15) is 47.5 Å². The van der Waals surface area contributed by atoms with Crippen LogP contribution in [-0.4, -0.2) is 75.6 Å². The number of anilines is 1. The fourth-order valence-electron chi connectivity index (χ4n) is 7.31. The maximum absolute atomic E-state index is 16.6. The quantitative estimate of drug-likeness (QED) is 0.263. The van der Waals surface area contributed by atoms with Crippen LogP contribution in [0, 0.1) is 11.6 Å². The Morgan fingerprint density at radius 3 is 2.74 bits per heavy atom. The van der Waals surface area contributed by atoms with Crippen molar-refractivity contribution < 1.29 is 27.4 Å². The average molecular weight is 596 g/mol. The van der Waals surface area contributed by atoms with Crippen molar-refractivity contribution in [3.63, 3.8) is 0 Å². The first kappa shape index (κ1) is 28.1. The van der Waals surface area contributed by atoms with Gasteiger partial charge in [-0.3, -0.25) is 9.88 Å². The van der Waals surface area contributed by atoms with E-state index in [1.165, 1.54) is 24.4 Å². The summed E-state index contributed by atoms with van der Waals surface area (Å²) < 4.78 is 66.5. The molecule has 11 heteroatoms. The van der Waals surface area contributed by atoms with Gasteiger partial charge in [0.05, 0.1) is 17.5 Å². The number of nitrogens with zero attached hydrogens (tertiary/aromatic N) is 5. The molecule has 2 aromatic heterocycles. The normalized spacial score (nSPS) is 24.3. The van der Waals surface area contributed by atoms with Gasteiger partial charge in [-0.1, -0.05) is 13.0 Å². The molecule has 0 unspecified atom stereocenters. The number of phenols is 1. The number of alkyl halides is 2. The van der Waals surface area contributed by atoms with Gasteiger partial charge in [0.15, 0.2) is 5.82 Å². The number of benzene rings is 2. The van der Waals surface area contributed by atoms with E-state index in [4.69, 9.17) is 4.74 Å². The Labute approximate surface area is 246 Å². The molecule has 5 heterocycles. The molecule has 0 spiro atoms. The second-order valence-electron chi connectivity index (χ2n) is 12.0. The van der Waals surface area contributed by atoms with Crippen molar-refractivity contribution in [2.45, 2.75) is 63.3 Å². The van der Waals surface area contributed by atoms with Crippen LogP contribution in [0.4, 0.5) is 23.4 Å². The molecule has 0 aliphatic carbocycles. The van der Waals surface area contributed by atoms with Crippen LogP contribution in [0.3, 0.4) is 0 Å². The summed E-state index contributed by atoms with van der Waals surface area (Å²) in [7, 11) is 0. The Balaban J connectivity index is 1.37. The maximum atomic E-state index is 16.6. The number of aryl methyl sites for hydroxylation is 1. The van der Waals surface area contributed by atoms with Crippen LogP contribution in [0.2, 0.25) is 0 Å². The molecule has 0 amide bonds. The summed E-state index contributed by atoms with van der Waals surface area (Å²) in [6, 6.07) is 5.66. The maximum Gasteiger partial charge on any atom is 0.319 e. The lowest BCUT2D eigenvalue weighted by molar-refractivity contribution is 0.107. The molecule has 4 aromatic rings. The highest BCUT2D eigenvalue weighted by Gasteiger charge is 2.49. The predicted molar refractivity (Wildman–Crippen MR) is 156 cm³/mol. The molecule has 0 radical (unpaired) electrons. The number of halogens is 4.